The Kier molecular flexibility index (Phi) is 6.79. The molecule has 2 heterocycles. The van der Waals surface area contributed by atoms with Crippen molar-refractivity contribution < 1.29 is 23.8 Å². The number of benzene rings is 2. The van der Waals surface area contributed by atoms with Gasteiger partial charge in [0.1, 0.15) is 24.7 Å². The number of nitrogens with zero attached hydrogens (tertiary/aromatic N) is 2. The van der Waals surface area contributed by atoms with E-state index in [1.165, 1.54) is 5.06 Å². The van der Waals surface area contributed by atoms with Crippen LogP contribution in [0.5, 0.6) is 17.2 Å². The van der Waals surface area contributed by atoms with E-state index >= 15 is 0 Å². The third-order valence-corrected chi connectivity index (χ3v) is 5.21. The van der Waals surface area contributed by atoms with Crippen LogP contribution in [0.3, 0.4) is 0 Å². The van der Waals surface area contributed by atoms with Gasteiger partial charge in [-0.1, -0.05) is 22.0 Å². The number of carbonyl (C=O) groups excluding carboxylic acids is 1. The zero-order valence-electron chi connectivity index (χ0n) is 18.1. The normalized spacial score (nSPS) is 16.2. The summed E-state index contributed by atoms with van der Waals surface area (Å²) >= 11 is 3.39. The zero-order valence-corrected chi connectivity index (χ0v) is 19.7. The maximum Gasteiger partial charge on any atom is 0.282 e. The summed E-state index contributed by atoms with van der Waals surface area (Å²) in [5.74, 6) is 2.16. The van der Waals surface area contributed by atoms with E-state index in [0.29, 0.717) is 48.5 Å². The Labute approximate surface area is 199 Å². The Hall–Kier alpha value is -3.59. The maximum atomic E-state index is 12.5. The third kappa shape index (κ3) is 5.25. The van der Waals surface area contributed by atoms with Gasteiger partial charge in [-0.3, -0.25) is 10.2 Å². The topological polar surface area (TPSA) is 93.4 Å². The number of amidine groups is 2. The fraction of sp³-hybridized carbons (Fsp3) is 0.208. The van der Waals surface area contributed by atoms with E-state index in [0.717, 1.165) is 10.2 Å². The summed E-state index contributed by atoms with van der Waals surface area (Å²) in [7, 11) is 0. The number of halogens is 1. The van der Waals surface area contributed by atoms with Crippen molar-refractivity contribution in [3.63, 3.8) is 0 Å². The summed E-state index contributed by atoms with van der Waals surface area (Å²) in [6, 6.07) is 12.9. The molecule has 0 atom stereocenters. The fourth-order valence-corrected chi connectivity index (χ4v) is 3.48. The molecule has 0 unspecified atom stereocenters. The molecule has 170 valence electrons. The van der Waals surface area contributed by atoms with E-state index in [-0.39, 0.29) is 11.4 Å². The Morgan fingerprint density at radius 3 is 2.61 bits per heavy atom. The van der Waals surface area contributed by atoms with Crippen molar-refractivity contribution in [2.24, 2.45) is 4.99 Å². The minimum atomic E-state index is -0.496. The van der Waals surface area contributed by atoms with Crippen molar-refractivity contribution >= 4 is 39.6 Å². The number of carbonyl (C=O) groups is 1. The number of hydrogen-bond donors (Lipinski definition) is 1. The number of nitrogens with one attached hydrogen (secondary N) is 1. The molecule has 1 amide bonds. The van der Waals surface area contributed by atoms with Gasteiger partial charge in [-0.25, -0.2) is 0 Å². The largest absolute Gasteiger partial charge is 0.490 e. The van der Waals surface area contributed by atoms with E-state index in [1.807, 2.05) is 31.2 Å². The lowest BCUT2D eigenvalue weighted by atomic mass is 10.1. The highest BCUT2D eigenvalue weighted by molar-refractivity contribution is 9.10. The molecule has 33 heavy (non-hydrogen) atoms. The van der Waals surface area contributed by atoms with E-state index in [4.69, 9.17) is 24.5 Å². The van der Waals surface area contributed by atoms with Gasteiger partial charge < -0.3 is 19.0 Å². The van der Waals surface area contributed by atoms with E-state index in [2.05, 4.69) is 20.9 Å². The molecule has 0 spiro atoms. The van der Waals surface area contributed by atoms with Crippen molar-refractivity contribution in [1.82, 2.24) is 5.06 Å². The third-order valence-electron chi connectivity index (χ3n) is 4.68. The minimum Gasteiger partial charge on any atom is -0.490 e. The predicted molar refractivity (Wildman–Crippen MR) is 128 cm³/mol. The van der Waals surface area contributed by atoms with Crippen LogP contribution in [0.4, 0.5) is 0 Å². The molecule has 0 saturated heterocycles. The summed E-state index contributed by atoms with van der Waals surface area (Å²) in [4.78, 5) is 21.9. The lowest BCUT2D eigenvalue weighted by Gasteiger charge is -2.23. The molecule has 8 nitrogen and oxygen atoms in total. The predicted octanol–water partition coefficient (Wildman–Crippen LogP) is 4.76. The molecule has 4 rings (SSSR count). The second-order valence-electron chi connectivity index (χ2n) is 7.11. The van der Waals surface area contributed by atoms with Crippen LogP contribution in [0.2, 0.25) is 0 Å². The fourth-order valence-electron chi connectivity index (χ4n) is 3.21. The molecule has 0 aliphatic carbocycles. The summed E-state index contributed by atoms with van der Waals surface area (Å²) in [6.45, 7) is 4.76. The molecule has 0 bridgehead atoms. The highest BCUT2D eigenvalue weighted by Crippen LogP contribution is 2.31. The zero-order chi connectivity index (χ0) is 23.4. The first-order valence-corrected chi connectivity index (χ1v) is 11.1. The van der Waals surface area contributed by atoms with Crippen molar-refractivity contribution in [2.45, 2.75) is 13.8 Å². The number of amides is 1. The molecule has 0 fully saturated rings. The van der Waals surface area contributed by atoms with Crippen molar-refractivity contribution in [3.05, 3.63) is 69.9 Å². The van der Waals surface area contributed by atoms with Crippen LogP contribution in [-0.4, -0.2) is 42.5 Å². The van der Waals surface area contributed by atoms with E-state index < -0.39 is 5.91 Å². The molecule has 0 radical (unpaired) electrons. The van der Waals surface area contributed by atoms with Crippen molar-refractivity contribution in [2.75, 3.05) is 19.8 Å². The number of allylic oxidation sites excluding steroid dienone is 1. The quantitative estimate of drug-likeness (QED) is 0.405. The maximum absolute atomic E-state index is 12.5. The lowest BCUT2D eigenvalue weighted by Crippen LogP contribution is -2.38. The van der Waals surface area contributed by atoms with Crippen LogP contribution in [0.15, 0.2) is 69.3 Å². The lowest BCUT2D eigenvalue weighted by molar-refractivity contribution is -0.114. The monoisotopic (exact) mass is 511 g/mol. The second-order valence-corrected chi connectivity index (χ2v) is 8.03. The van der Waals surface area contributed by atoms with Gasteiger partial charge in [-0.2, -0.15) is 4.99 Å². The molecular formula is C24H22BrN3O5. The van der Waals surface area contributed by atoms with Crippen LogP contribution in [0.25, 0.3) is 6.08 Å². The molecule has 2 aliphatic rings. The first-order chi connectivity index (χ1) is 15.9. The Balaban J connectivity index is 1.45. The number of hydrogen-bond acceptors (Lipinski definition) is 6. The summed E-state index contributed by atoms with van der Waals surface area (Å²) in [6.07, 6.45) is 3.20. The standard InChI is InChI=1S/C24H22BrN3O5/c1-3-30-21-14-16(13-19-23(26)28-22(27-24(19)29)12-15(2)33-28)4-9-20(21)32-11-10-31-18-7-5-17(25)6-8-18/h4-9,12-14,26H,3,10-11H2,1-2H3/b19-13+,26-23?. The van der Waals surface area contributed by atoms with Crippen LogP contribution in [0.1, 0.15) is 19.4 Å². The van der Waals surface area contributed by atoms with E-state index in [9.17, 15) is 4.79 Å². The average Bonchev–Trinajstić information content (AvgIpc) is 3.17. The van der Waals surface area contributed by atoms with Gasteiger partial charge in [-0.05, 0) is 61.9 Å². The van der Waals surface area contributed by atoms with Crippen LogP contribution >= 0.6 is 15.9 Å². The first kappa shape index (κ1) is 22.6. The highest BCUT2D eigenvalue weighted by Gasteiger charge is 2.34. The minimum absolute atomic E-state index is 0.0681. The number of ether oxygens (including phenoxy) is 3. The van der Waals surface area contributed by atoms with Gasteiger partial charge in [0.2, 0.25) is 0 Å². The smallest absolute Gasteiger partial charge is 0.282 e. The molecule has 0 saturated carbocycles. The van der Waals surface area contributed by atoms with Crippen molar-refractivity contribution in [3.8, 4) is 17.2 Å². The van der Waals surface area contributed by atoms with Crippen molar-refractivity contribution in [1.29, 1.82) is 5.41 Å². The Bertz CT molecular complexity index is 1170. The van der Waals surface area contributed by atoms with Gasteiger partial charge in [0.05, 0.1) is 12.2 Å². The van der Waals surface area contributed by atoms with Crippen LogP contribution in [0, 0.1) is 5.41 Å². The van der Waals surface area contributed by atoms with Gasteiger partial charge in [0.15, 0.2) is 23.2 Å². The molecule has 9 heteroatoms. The highest BCUT2D eigenvalue weighted by atomic mass is 79.9. The second kappa shape index (κ2) is 9.91. The van der Waals surface area contributed by atoms with Gasteiger partial charge in [-0.15, -0.1) is 5.06 Å². The number of fused-ring (bicyclic) bond motifs is 1. The summed E-state index contributed by atoms with van der Waals surface area (Å²) in [5.41, 5.74) is 0.799. The van der Waals surface area contributed by atoms with Gasteiger partial charge >= 0.3 is 0 Å². The molecule has 1 N–H and O–H groups in total. The molecule has 2 aromatic carbocycles. The molecular weight excluding hydrogens is 490 g/mol. The molecule has 2 aliphatic heterocycles. The summed E-state index contributed by atoms with van der Waals surface area (Å²) < 4.78 is 18.2. The molecule has 0 aromatic heterocycles. The Morgan fingerprint density at radius 2 is 1.85 bits per heavy atom. The summed E-state index contributed by atoms with van der Waals surface area (Å²) in [5, 5.41) is 9.57. The molecule has 2 aromatic rings. The number of hydroxylamine groups is 2. The Morgan fingerprint density at radius 1 is 1.09 bits per heavy atom. The van der Waals surface area contributed by atoms with Gasteiger partial charge in [0.25, 0.3) is 5.91 Å². The number of aliphatic imine (C=N–C) groups is 1. The SMILES string of the molecule is CCOc1cc(/C=C2\C(=N)N3OC(C)=CC3=NC2=O)ccc1OCCOc1ccc(Br)cc1. The van der Waals surface area contributed by atoms with E-state index in [1.54, 1.807) is 37.3 Å². The van der Waals surface area contributed by atoms with Crippen LogP contribution < -0.4 is 14.2 Å². The van der Waals surface area contributed by atoms with Gasteiger partial charge in [0, 0.05) is 10.5 Å². The average molecular weight is 512 g/mol. The van der Waals surface area contributed by atoms with Crippen LogP contribution in [-0.2, 0) is 9.63 Å². The number of rotatable bonds is 8. The first-order valence-electron chi connectivity index (χ1n) is 10.3.